The van der Waals surface area contributed by atoms with Crippen molar-refractivity contribution in [3.05, 3.63) is 17.8 Å². The first-order valence-corrected chi connectivity index (χ1v) is 5.27. The molecule has 0 unspecified atom stereocenters. The van der Waals surface area contributed by atoms with E-state index in [-0.39, 0.29) is 11.6 Å². The maximum atomic E-state index is 12.0. The number of hydrogen-bond donors (Lipinski definition) is 0. The van der Waals surface area contributed by atoms with Crippen LogP contribution in [0, 0.1) is 6.92 Å². The van der Waals surface area contributed by atoms with Gasteiger partial charge in [0.2, 0.25) is 0 Å². The molecule has 1 aromatic rings. The van der Waals surface area contributed by atoms with Gasteiger partial charge in [0.1, 0.15) is 0 Å². The molecule has 1 aromatic heterocycles. The molecule has 1 saturated heterocycles. The molecule has 2 amide bonds. The maximum Gasteiger partial charge on any atom is 0.326 e. The van der Waals surface area contributed by atoms with Crippen LogP contribution in [-0.4, -0.2) is 40.3 Å². The lowest BCUT2D eigenvalue weighted by Crippen LogP contribution is -2.38. The molecule has 0 atom stereocenters. The molecule has 0 aromatic carbocycles. The predicted molar refractivity (Wildman–Crippen MR) is 61.4 cm³/mol. The molecule has 0 radical (unpaired) electrons. The summed E-state index contributed by atoms with van der Waals surface area (Å²) >= 11 is 0. The Morgan fingerprint density at radius 3 is 2.44 bits per heavy atom. The molecular weight excluding hydrogens is 204 g/mol. The predicted octanol–water partition coefficient (Wildman–Crippen LogP) is 1.44. The Hall–Kier alpha value is -1.65. The molecule has 5 heteroatoms. The van der Waals surface area contributed by atoms with E-state index in [1.807, 2.05) is 40.0 Å². The molecule has 1 aliphatic rings. The van der Waals surface area contributed by atoms with Crippen molar-refractivity contribution in [2.45, 2.75) is 26.3 Å². The Labute approximate surface area is 95.1 Å². The van der Waals surface area contributed by atoms with Gasteiger partial charge in [0, 0.05) is 7.05 Å². The van der Waals surface area contributed by atoms with E-state index >= 15 is 0 Å². The molecule has 0 bridgehead atoms. The molecule has 0 spiro atoms. The van der Waals surface area contributed by atoms with Crippen molar-refractivity contribution in [2.24, 2.45) is 0 Å². The number of aromatic nitrogens is 2. The highest BCUT2D eigenvalue weighted by molar-refractivity contribution is 5.94. The average Bonchev–Trinajstić information content (AvgIpc) is 2.44. The van der Waals surface area contributed by atoms with Gasteiger partial charge in [-0.25, -0.2) is 4.79 Å². The van der Waals surface area contributed by atoms with Crippen molar-refractivity contribution < 1.29 is 4.79 Å². The standard InChI is InChI=1S/C11H16N4O/c1-8-5-6-9(13-12-8)15-7-11(2,3)14(4)10(15)16/h5-6H,7H2,1-4H3. The number of likely N-dealkylation sites (N-methyl/N-ethyl adjacent to an activating group) is 1. The van der Waals surface area contributed by atoms with Crippen LogP contribution in [0.3, 0.4) is 0 Å². The van der Waals surface area contributed by atoms with Crippen molar-refractivity contribution in [2.75, 3.05) is 18.5 Å². The Balaban J connectivity index is 2.30. The molecule has 0 saturated carbocycles. The second kappa shape index (κ2) is 3.43. The molecule has 2 rings (SSSR count). The smallest absolute Gasteiger partial charge is 0.320 e. The summed E-state index contributed by atoms with van der Waals surface area (Å²) in [5.41, 5.74) is 0.687. The van der Waals surface area contributed by atoms with Crippen LogP contribution < -0.4 is 4.90 Å². The number of amides is 2. The summed E-state index contributed by atoms with van der Waals surface area (Å²) in [5.74, 6) is 0.619. The lowest BCUT2D eigenvalue weighted by atomic mass is 10.1. The molecule has 86 valence electrons. The summed E-state index contributed by atoms with van der Waals surface area (Å²) in [4.78, 5) is 15.4. The molecule has 1 fully saturated rings. The van der Waals surface area contributed by atoms with Gasteiger partial charge >= 0.3 is 6.03 Å². The Morgan fingerprint density at radius 1 is 1.31 bits per heavy atom. The molecule has 0 N–H and O–H groups in total. The number of rotatable bonds is 1. The molecule has 2 heterocycles. The van der Waals surface area contributed by atoms with Crippen molar-refractivity contribution in [3.8, 4) is 0 Å². The van der Waals surface area contributed by atoms with E-state index in [1.54, 1.807) is 9.80 Å². The number of carbonyl (C=O) groups is 1. The van der Waals surface area contributed by atoms with Crippen molar-refractivity contribution in [1.82, 2.24) is 15.1 Å². The Morgan fingerprint density at radius 2 is 2.00 bits per heavy atom. The quantitative estimate of drug-likeness (QED) is 0.719. The monoisotopic (exact) mass is 220 g/mol. The summed E-state index contributed by atoms with van der Waals surface area (Å²) in [6.45, 7) is 6.58. The van der Waals surface area contributed by atoms with Gasteiger partial charge in [-0.05, 0) is 32.9 Å². The highest BCUT2D eigenvalue weighted by atomic mass is 16.2. The summed E-state index contributed by atoms with van der Waals surface area (Å²) in [7, 11) is 1.81. The Kier molecular flexibility index (Phi) is 2.33. The van der Waals surface area contributed by atoms with Crippen molar-refractivity contribution in [3.63, 3.8) is 0 Å². The zero-order chi connectivity index (χ0) is 11.9. The summed E-state index contributed by atoms with van der Waals surface area (Å²) in [6.07, 6.45) is 0. The fourth-order valence-corrected chi connectivity index (χ4v) is 1.72. The summed E-state index contributed by atoms with van der Waals surface area (Å²) in [5, 5.41) is 8.01. The SMILES string of the molecule is Cc1ccc(N2CC(C)(C)N(C)C2=O)nn1. The highest BCUT2D eigenvalue weighted by Crippen LogP contribution is 2.27. The van der Waals surface area contributed by atoms with Gasteiger partial charge < -0.3 is 4.90 Å². The topological polar surface area (TPSA) is 49.3 Å². The van der Waals surface area contributed by atoms with E-state index in [0.29, 0.717) is 12.4 Å². The number of aryl methyl sites for hydroxylation is 1. The Bertz CT molecular complexity index is 412. The zero-order valence-electron chi connectivity index (χ0n) is 10.1. The number of hydrogen-bond acceptors (Lipinski definition) is 3. The number of carbonyl (C=O) groups excluding carboxylic acids is 1. The van der Waals surface area contributed by atoms with Crippen molar-refractivity contribution >= 4 is 11.8 Å². The van der Waals surface area contributed by atoms with E-state index in [4.69, 9.17) is 0 Å². The van der Waals surface area contributed by atoms with Crippen LogP contribution in [0.4, 0.5) is 10.6 Å². The van der Waals surface area contributed by atoms with E-state index in [9.17, 15) is 4.79 Å². The van der Waals surface area contributed by atoms with Crippen LogP contribution in [0.5, 0.6) is 0 Å². The minimum atomic E-state index is -0.163. The fraction of sp³-hybridized carbons (Fsp3) is 0.545. The normalized spacial score (nSPS) is 19.4. The second-order valence-corrected chi connectivity index (χ2v) is 4.77. The van der Waals surface area contributed by atoms with Crippen LogP contribution in [0.2, 0.25) is 0 Å². The number of anilines is 1. The van der Waals surface area contributed by atoms with E-state index in [1.165, 1.54) is 0 Å². The van der Waals surface area contributed by atoms with Gasteiger partial charge in [-0.2, -0.15) is 5.10 Å². The minimum absolute atomic E-state index is 0.0249. The van der Waals surface area contributed by atoms with Crippen LogP contribution >= 0.6 is 0 Å². The van der Waals surface area contributed by atoms with E-state index in [0.717, 1.165) is 5.69 Å². The third-order valence-corrected chi connectivity index (χ3v) is 3.03. The van der Waals surface area contributed by atoms with Crippen LogP contribution in [0.1, 0.15) is 19.5 Å². The maximum absolute atomic E-state index is 12.0. The summed E-state index contributed by atoms with van der Waals surface area (Å²) in [6, 6.07) is 3.67. The molecule has 5 nitrogen and oxygen atoms in total. The minimum Gasteiger partial charge on any atom is -0.320 e. The van der Waals surface area contributed by atoms with E-state index in [2.05, 4.69) is 10.2 Å². The highest BCUT2D eigenvalue weighted by Gasteiger charge is 2.41. The lowest BCUT2D eigenvalue weighted by molar-refractivity contribution is 0.198. The first-order valence-electron chi connectivity index (χ1n) is 5.27. The molecule has 16 heavy (non-hydrogen) atoms. The van der Waals surface area contributed by atoms with Crippen LogP contribution in [0.15, 0.2) is 12.1 Å². The lowest BCUT2D eigenvalue weighted by Gasteiger charge is -2.24. The summed E-state index contributed by atoms with van der Waals surface area (Å²) < 4.78 is 0. The number of nitrogens with zero attached hydrogens (tertiary/aromatic N) is 4. The first kappa shape index (κ1) is 10.9. The second-order valence-electron chi connectivity index (χ2n) is 4.77. The van der Waals surface area contributed by atoms with Crippen molar-refractivity contribution in [1.29, 1.82) is 0 Å². The van der Waals surface area contributed by atoms with Crippen LogP contribution in [-0.2, 0) is 0 Å². The van der Waals surface area contributed by atoms with Gasteiger partial charge in [0.05, 0.1) is 17.8 Å². The van der Waals surface area contributed by atoms with Gasteiger partial charge in [-0.15, -0.1) is 5.10 Å². The molecular formula is C11H16N4O. The molecule has 1 aliphatic heterocycles. The van der Waals surface area contributed by atoms with E-state index < -0.39 is 0 Å². The van der Waals surface area contributed by atoms with Gasteiger partial charge in [0.15, 0.2) is 5.82 Å². The largest absolute Gasteiger partial charge is 0.326 e. The number of urea groups is 1. The first-order chi connectivity index (χ1) is 7.42. The van der Waals surface area contributed by atoms with Gasteiger partial charge in [-0.1, -0.05) is 0 Å². The fourth-order valence-electron chi connectivity index (χ4n) is 1.72. The third-order valence-electron chi connectivity index (χ3n) is 3.03. The molecule has 0 aliphatic carbocycles. The average molecular weight is 220 g/mol. The van der Waals surface area contributed by atoms with Crippen LogP contribution in [0.25, 0.3) is 0 Å². The van der Waals surface area contributed by atoms with Gasteiger partial charge in [-0.3, -0.25) is 4.90 Å². The third kappa shape index (κ3) is 1.62. The zero-order valence-corrected chi connectivity index (χ0v) is 10.1. The van der Waals surface area contributed by atoms with Gasteiger partial charge in [0.25, 0.3) is 0 Å².